The van der Waals surface area contributed by atoms with Crippen molar-refractivity contribution in [3.63, 3.8) is 0 Å². The van der Waals surface area contributed by atoms with Gasteiger partial charge in [-0.15, -0.1) is 5.46 Å². The zero-order valence-corrected chi connectivity index (χ0v) is 15.3. The Labute approximate surface area is 139 Å². The van der Waals surface area contributed by atoms with E-state index in [9.17, 15) is 0 Å². The van der Waals surface area contributed by atoms with Crippen molar-refractivity contribution < 1.29 is 0 Å². The summed E-state index contributed by atoms with van der Waals surface area (Å²) in [5.41, 5.74) is 9.64. The highest BCUT2D eigenvalue weighted by molar-refractivity contribution is 6.68. The minimum Gasteiger partial charge on any atom is -0.337 e. The average Bonchev–Trinajstić information content (AvgIpc) is 2.47. The van der Waals surface area contributed by atoms with Gasteiger partial charge in [-0.2, -0.15) is 0 Å². The van der Waals surface area contributed by atoms with Gasteiger partial charge in [0.25, 0.3) is 0 Å². The number of anilines is 2. The van der Waals surface area contributed by atoms with Crippen LogP contribution in [0.2, 0.25) is 0 Å². The van der Waals surface area contributed by atoms with Gasteiger partial charge in [-0.1, -0.05) is 40.1 Å². The first-order valence-corrected chi connectivity index (χ1v) is 8.08. The van der Waals surface area contributed by atoms with Crippen LogP contribution in [0.5, 0.6) is 0 Å². The van der Waals surface area contributed by atoms with Crippen LogP contribution in [0.15, 0.2) is 30.3 Å². The minimum absolute atomic E-state index is 0.0189. The molecular formula is C16H24B5N. The van der Waals surface area contributed by atoms with Gasteiger partial charge in [-0.3, -0.25) is 0 Å². The SMILES string of the molecule is Bc1c(B)c(B)c(N(c2ccccc2)C(C)(C)C)c(B)c1B. The Hall–Kier alpha value is -1.44. The Kier molecular flexibility index (Phi) is 4.61. The van der Waals surface area contributed by atoms with Gasteiger partial charge in [0.15, 0.2) is 0 Å². The van der Waals surface area contributed by atoms with Crippen LogP contribution in [0.1, 0.15) is 20.8 Å². The van der Waals surface area contributed by atoms with Crippen LogP contribution in [-0.4, -0.2) is 44.8 Å². The maximum Gasteiger partial charge on any atom is 0.141 e. The quantitative estimate of drug-likeness (QED) is 0.507. The van der Waals surface area contributed by atoms with E-state index in [1.165, 1.54) is 38.7 Å². The van der Waals surface area contributed by atoms with Gasteiger partial charge < -0.3 is 4.90 Å². The zero-order valence-electron chi connectivity index (χ0n) is 15.3. The Morgan fingerprint density at radius 1 is 0.682 bits per heavy atom. The highest BCUT2D eigenvalue weighted by atomic mass is 15.2. The molecule has 0 unspecified atom stereocenters. The van der Waals surface area contributed by atoms with Crippen molar-refractivity contribution in [1.29, 1.82) is 0 Å². The molecule has 0 aliphatic carbocycles. The van der Waals surface area contributed by atoms with E-state index >= 15 is 0 Å². The molecule has 0 amide bonds. The standard InChI is InChI=1S/C16H24B5N/c1-16(2,3)22(9-7-5-4-6-8-9)15-13(20)11(18)10(17)12(19)14(15)21/h4-8H,17-21H2,1-3H3. The summed E-state index contributed by atoms with van der Waals surface area (Å²) < 4.78 is 0. The maximum atomic E-state index is 2.48. The van der Waals surface area contributed by atoms with E-state index in [4.69, 9.17) is 0 Å². The van der Waals surface area contributed by atoms with Gasteiger partial charge >= 0.3 is 0 Å². The number of hydrogen-bond donors (Lipinski definition) is 0. The number of nitrogens with zero attached hydrogens (tertiary/aromatic N) is 1. The van der Waals surface area contributed by atoms with Crippen LogP contribution < -0.4 is 32.2 Å². The second kappa shape index (κ2) is 5.99. The summed E-state index contributed by atoms with van der Waals surface area (Å²) in [5, 5.41) is 0. The molecular weight excluding hydrogens is 260 g/mol. The summed E-state index contributed by atoms with van der Waals surface area (Å²) in [7, 11) is 11.2. The normalized spacial score (nSPS) is 11.4. The Bertz CT molecular complexity index is 663. The van der Waals surface area contributed by atoms with Gasteiger partial charge in [-0.05, 0) is 32.9 Å². The number of rotatable bonds is 2. The van der Waals surface area contributed by atoms with Crippen LogP contribution in [0.25, 0.3) is 0 Å². The fourth-order valence-electron chi connectivity index (χ4n) is 3.24. The topological polar surface area (TPSA) is 3.24 Å². The van der Waals surface area contributed by atoms with E-state index in [2.05, 4.69) is 95.2 Å². The second-order valence-electron chi connectivity index (χ2n) is 7.32. The van der Waals surface area contributed by atoms with Crippen molar-refractivity contribution in [2.24, 2.45) is 0 Å². The van der Waals surface area contributed by atoms with Crippen molar-refractivity contribution in [2.75, 3.05) is 4.90 Å². The van der Waals surface area contributed by atoms with Gasteiger partial charge in [0, 0.05) is 16.9 Å². The number of benzene rings is 2. The molecule has 0 aliphatic rings. The third-order valence-corrected chi connectivity index (χ3v) is 4.87. The fourth-order valence-corrected chi connectivity index (χ4v) is 3.24. The first kappa shape index (κ1) is 16.9. The lowest BCUT2D eigenvalue weighted by Crippen LogP contribution is -2.58. The van der Waals surface area contributed by atoms with Gasteiger partial charge in [0.2, 0.25) is 0 Å². The molecule has 0 heterocycles. The maximum absolute atomic E-state index is 2.48. The van der Waals surface area contributed by atoms with Crippen LogP contribution in [0, 0.1) is 0 Å². The van der Waals surface area contributed by atoms with Crippen molar-refractivity contribution in [3.8, 4) is 0 Å². The number of hydrogen-bond acceptors (Lipinski definition) is 1. The van der Waals surface area contributed by atoms with Crippen LogP contribution in [-0.2, 0) is 0 Å². The monoisotopic (exact) mass is 285 g/mol. The largest absolute Gasteiger partial charge is 0.337 e. The predicted octanol–water partition coefficient (Wildman–Crippen LogP) is -4.08. The molecule has 0 fully saturated rings. The summed E-state index contributed by atoms with van der Waals surface area (Å²) in [6, 6.07) is 10.7. The predicted molar refractivity (Wildman–Crippen MR) is 116 cm³/mol. The van der Waals surface area contributed by atoms with Crippen molar-refractivity contribution >= 4 is 77.9 Å². The van der Waals surface area contributed by atoms with E-state index in [0.717, 1.165) is 0 Å². The summed E-state index contributed by atoms with van der Waals surface area (Å²) >= 11 is 0. The fraction of sp³-hybridized carbons (Fsp3) is 0.250. The Morgan fingerprint density at radius 3 is 1.50 bits per heavy atom. The molecule has 22 heavy (non-hydrogen) atoms. The first-order valence-electron chi connectivity index (χ1n) is 8.08. The Balaban J connectivity index is 2.80. The molecule has 0 aliphatic heterocycles. The molecule has 0 saturated heterocycles. The molecule has 1 nitrogen and oxygen atoms in total. The molecule has 2 aromatic rings. The molecule has 2 rings (SSSR count). The van der Waals surface area contributed by atoms with E-state index in [1.807, 2.05) is 0 Å². The molecule has 0 bridgehead atoms. The lowest BCUT2D eigenvalue weighted by molar-refractivity contribution is 0.562. The summed E-state index contributed by atoms with van der Waals surface area (Å²) in [6.07, 6.45) is 0. The molecule has 108 valence electrons. The van der Waals surface area contributed by atoms with E-state index in [1.54, 1.807) is 0 Å². The molecule has 0 radical (unpaired) electrons. The summed E-state index contributed by atoms with van der Waals surface area (Å²) in [6.45, 7) is 6.84. The highest BCUT2D eigenvalue weighted by Crippen LogP contribution is 2.29. The molecule has 0 aromatic heterocycles. The zero-order chi connectivity index (χ0) is 16.7. The number of para-hydroxylation sites is 1. The van der Waals surface area contributed by atoms with Crippen molar-refractivity contribution in [2.45, 2.75) is 26.3 Å². The van der Waals surface area contributed by atoms with Gasteiger partial charge in [0.05, 0.1) is 0 Å². The lowest BCUT2D eigenvalue weighted by atomic mass is 9.61. The highest BCUT2D eigenvalue weighted by Gasteiger charge is 2.27. The van der Waals surface area contributed by atoms with Gasteiger partial charge in [-0.25, -0.2) is 0 Å². The Morgan fingerprint density at radius 2 is 1.09 bits per heavy atom. The molecule has 0 saturated carbocycles. The first-order chi connectivity index (χ1) is 10.2. The minimum atomic E-state index is 0.0189. The van der Waals surface area contributed by atoms with Crippen molar-refractivity contribution in [3.05, 3.63) is 30.3 Å². The average molecular weight is 284 g/mol. The van der Waals surface area contributed by atoms with Crippen LogP contribution in [0.4, 0.5) is 11.4 Å². The van der Waals surface area contributed by atoms with E-state index in [0.29, 0.717) is 0 Å². The van der Waals surface area contributed by atoms with E-state index < -0.39 is 0 Å². The third kappa shape index (κ3) is 2.88. The van der Waals surface area contributed by atoms with E-state index in [-0.39, 0.29) is 5.54 Å². The molecule has 0 N–H and O–H groups in total. The van der Waals surface area contributed by atoms with Gasteiger partial charge in [0.1, 0.15) is 39.2 Å². The third-order valence-electron chi connectivity index (χ3n) is 4.87. The van der Waals surface area contributed by atoms with Crippen molar-refractivity contribution in [1.82, 2.24) is 0 Å². The van der Waals surface area contributed by atoms with Crippen LogP contribution >= 0.6 is 0 Å². The lowest BCUT2D eigenvalue weighted by Gasteiger charge is -2.41. The molecule has 0 atom stereocenters. The smallest absolute Gasteiger partial charge is 0.141 e. The molecule has 6 heteroatoms. The van der Waals surface area contributed by atoms with Crippen LogP contribution in [0.3, 0.4) is 0 Å². The summed E-state index contributed by atoms with van der Waals surface area (Å²) in [4.78, 5) is 2.48. The summed E-state index contributed by atoms with van der Waals surface area (Å²) in [5.74, 6) is 0. The molecule has 2 aromatic carbocycles. The second-order valence-corrected chi connectivity index (χ2v) is 7.32. The molecule has 0 spiro atoms.